The van der Waals surface area contributed by atoms with Gasteiger partial charge in [-0.15, -0.1) is 6.58 Å². The van der Waals surface area contributed by atoms with Gasteiger partial charge in [0.25, 0.3) is 0 Å². The highest BCUT2D eigenvalue weighted by Gasteiger charge is 2.69. The van der Waals surface area contributed by atoms with Crippen LogP contribution in [0.25, 0.3) is 10.9 Å². The summed E-state index contributed by atoms with van der Waals surface area (Å²) in [5, 5.41) is 4.04. The van der Waals surface area contributed by atoms with Crippen LogP contribution in [0.3, 0.4) is 0 Å². The van der Waals surface area contributed by atoms with Gasteiger partial charge >= 0.3 is 0 Å². The van der Waals surface area contributed by atoms with E-state index < -0.39 is 29.1 Å². The van der Waals surface area contributed by atoms with Crippen molar-refractivity contribution in [3.05, 3.63) is 78.5 Å². The first-order valence-electron chi connectivity index (χ1n) is 12.4. The minimum Gasteiger partial charge on any atom is -0.361 e. The molecule has 0 radical (unpaired) electrons. The Morgan fingerprint density at radius 2 is 1.89 bits per heavy atom. The van der Waals surface area contributed by atoms with Gasteiger partial charge in [-0.25, -0.2) is 0 Å². The van der Waals surface area contributed by atoms with Gasteiger partial charge in [0.1, 0.15) is 18.2 Å². The van der Waals surface area contributed by atoms with Gasteiger partial charge in [-0.2, -0.15) is 0 Å². The molecule has 4 atom stereocenters. The second-order valence-corrected chi connectivity index (χ2v) is 10.8. The second-order valence-electron chi connectivity index (χ2n) is 10.8. The van der Waals surface area contributed by atoms with Crippen LogP contribution in [-0.4, -0.2) is 45.9 Å². The van der Waals surface area contributed by atoms with Crippen molar-refractivity contribution in [1.82, 2.24) is 15.2 Å². The molecule has 2 N–H and O–H groups in total. The van der Waals surface area contributed by atoms with Gasteiger partial charge in [0.2, 0.25) is 17.7 Å². The fourth-order valence-electron chi connectivity index (χ4n) is 6.83. The van der Waals surface area contributed by atoms with Crippen molar-refractivity contribution >= 4 is 34.3 Å². The number of rotatable bonds is 4. The molecule has 3 amide bonds. The van der Waals surface area contributed by atoms with Gasteiger partial charge in [-0.05, 0) is 35.1 Å². The van der Waals surface area contributed by atoms with E-state index in [1.165, 1.54) is 6.92 Å². The summed E-state index contributed by atoms with van der Waals surface area (Å²) in [6.45, 7) is 9.80. The van der Waals surface area contributed by atoms with Crippen molar-refractivity contribution in [1.29, 1.82) is 0 Å². The molecular weight excluding hydrogens is 452 g/mol. The number of aromatic amines is 1. The van der Waals surface area contributed by atoms with E-state index in [-0.39, 0.29) is 17.7 Å². The molecule has 2 saturated heterocycles. The highest BCUT2D eigenvalue weighted by molar-refractivity contribution is 6.03. The van der Waals surface area contributed by atoms with Crippen LogP contribution >= 0.6 is 0 Å². The van der Waals surface area contributed by atoms with E-state index in [0.717, 1.165) is 27.7 Å². The third-order valence-electron chi connectivity index (χ3n) is 8.71. The summed E-state index contributed by atoms with van der Waals surface area (Å²) < 4.78 is 0. The molecule has 0 unspecified atom stereocenters. The highest BCUT2D eigenvalue weighted by Crippen LogP contribution is 2.62. The molecule has 36 heavy (non-hydrogen) atoms. The van der Waals surface area contributed by atoms with Crippen LogP contribution in [-0.2, 0) is 26.2 Å². The summed E-state index contributed by atoms with van der Waals surface area (Å²) in [6, 6.07) is 14.4. The van der Waals surface area contributed by atoms with Crippen LogP contribution < -0.4 is 10.2 Å². The molecule has 0 spiro atoms. The second kappa shape index (κ2) is 7.56. The van der Waals surface area contributed by atoms with E-state index in [9.17, 15) is 14.4 Å². The Balaban J connectivity index is 1.47. The molecule has 2 aromatic carbocycles. The summed E-state index contributed by atoms with van der Waals surface area (Å²) in [4.78, 5) is 47.5. The van der Waals surface area contributed by atoms with Crippen LogP contribution in [0.4, 0.5) is 5.69 Å². The number of fused-ring (bicyclic) bond motifs is 6. The Morgan fingerprint density at radius 1 is 1.17 bits per heavy atom. The van der Waals surface area contributed by atoms with Gasteiger partial charge in [0.05, 0.1) is 0 Å². The average Bonchev–Trinajstić information content (AvgIpc) is 3.52. The van der Waals surface area contributed by atoms with E-state index in [4.69, 9.17) is 0 Å². The van der Waals surface area contributed by atoms with E-state index >= 15 is 0 Å². The van der Waals surface area contributed by atoms with Crippen LogP contribution in [0.15, 0.2) is 67.4 Å². The molecule has 3 aromatic rings. The minimum absolute atomic E-state index is 0.151. The molecule has 3 aliphatic heterocycles. The summed E-state index contributed by atoms with van der Waals surface area (Å²) in [5.74, 6) is -0.480. The maximum atomic E-state index is 14.2. The van der Waals surface area contributed by atoms with Crippen LogP contribution in [0.5, 0.6) is 0 Å². The highest BCUT2D eigenvalue weighted by atomic mass is 16.2. The number of hydrogen-bond acceptors (Lipinski definition) is 3. The van der Waals surface area contributed by atoms with Crippen LogP contribution in [0, 0.1) is 5.41 Å². The number of hydrogen-bond donors (Lipinski definition) is 2. The third kappa shape index (κ3) is 2.77. The number of para-hydroxylation sites is 2. The zero-order valence-corrected chi connectivity index (χ0v) is 20.7. The zero-order valence-electron chi connectivity index (χ0n) is 20.7. The number of carbonyl (C=O) groups is 3. The summed E-state index contributed by atoms with van der Waals surface area (Å²) in [5.41, 5.74) is 2.58. The smallest absolute Gasteiger partial charge is 0.247 e. The quantitative estimate of drug-likeness (QED) is 0.557. The minimum atomic E-state index is -0.715. The summed E-state index contributed by atoms with van der Waals surface area (Å²) in [7, 11) is 0. The molecule has 4 heterocycles. The number of amides is 3. The van der Waals surface area contributed by atoms with E-state index in [0.29, 0.717) is 12.8 Å². The van der Waals surface area contributed by atoms with Crippen molar-refractivity contribution in [2.24, 2.45) is 5.41 Å². The molecule has 6 rings (SSSR count). The lowest BCUT2D eigenvalue weighted by Crippen LogP contribution is -2.66. The lowest BCUT2D eigenvalue weighted by molar-refractivity contribution is -0.149. The van der Waals surface area contributed by atoms with Crippen molar-refractivity contribution in [2.45, 2.75) is 57.3 Å². The number of nitrogens with one attached hydrogen (secondary N) is 2. The first kappa shape index (κ1) is 22.6. The lowest BCUT2D eigenvalue weighted by atomic mass is 9.60. The first-order valence-corrected chi connectivity index (χ1v) is 12.4. The monoisotopic (exact) mass is 482 g/mol. The van der Waals surface area contributed by atoms with Crippen molar-refractivity contribution < 1.29 is 14.4 Å². The number of nitrogens with zero attached hydrogens (tertiary/aromatic N) is 2. The maximum absolute atomic E-state index is 14.2. The topological polar surface area (TPSA) is 85.5 Å². The number of aromatic nitrogens is 1. The van der Waals surface area contributed by atoms with Crippen LogP contribution in [0.1, 0.15) is 38.3 Å². The molecular formula is C29H30N4O3. The molecule has 2 fully saturated rings. The first-order chi connectivity index (χ1) is 17.2. The molecule has 3 aliphatic rings. The Bertz CT molecular complexity index is 1440. The fourth-order valence-corrected chi connectivity index (χ4v) is 6.83. The molecule has 7 nitrogen and oxygen atoms in total. The van der Waals surface area contributed by atoms with Crippen molar-refractivity contribution in [3.63, 3.8) is 0 Å². The number of H-pyrrole nitrogens is 1. The molecule has 0 saturated carbocycles. The fraction of sp³-hybridized carbons (Fsp3) is 0.345. The number of carbonyl (C=O) groups excluding carboxylic acids is 3. The van der Waals surface area contributed by atoms with Gasteiger partial charge in [0.15, 0.2) is 0 Å². The predicted octanol–water partition coefficient (Wildman–Crippen LogP) is 3.65. The maximum Gasteiger partial charge on any atom is 0.247 e. The lowest BCUT2D eigenvalue weighted by Gasteiger charge is -2.46. The van der Waals surface area contributed by atoms with E-state index in [2.05, 4.69) is 30.7 Å². The zero-order chi connectivity index (χ0) is 25.4. The third-order valence-corrected chi connectivity index (χ3v) is 8.71. The molecule has 184 valence electrons. The molecule has 1 aromatic heterocycles. The predicted molar refractivity (Wildman–Crippen MR) is 138 cm³/mol. The summed E-state index contributed by atoms with van der Waals surface area (Å²) in [6.07, 6.45) is 3.99. The molecule has 7 heteroatoms. The van der Waals surface area contributed by atoms with Crippen LogP contribution in [0.2, 0.25) is 0 Å². The Labute approximate surface area is 210 Å². The number of allylic oxidation sites excluding steroid dienone is 1. The number of piperazine rings is 1. The van der Waals surface area contributed by atoms with Crippen molar-refractivity contribution in [2.75, 3.05) is 4.90 Å². The largest absolute Gasteiger partial charge is 0.361 e. The number of benzene rings is 2. The Morgan fingerprint density at radius 3 is 2.64 bits per heavy atom. The normalized spacial score (nSPS) is 27.0. The van der Waals surface area contributed by atoms with Gasteiger partial charge in [-0.1, -0.05) is 56.3 Å². The molecule has 0 bridgehead atoms. The van der Waals surface area contributed by atoms with Gasteiger partial charge in [0, 0.05) is 41.5 Å². The van der Waals surface area contributed by atoms with E-state index in [1.54, 1.807) is 9.80 Å². The number of anilines is 1. The SMILES string of the molecule is C=CC(C)(C)[C@@]12C[C@H]3C(=O)N[C@@H](Cc4c[nH]c5ccccc45)C(=O)N3[C@@H]1N(C(C)=O)c1ccccc12. The summed E-state index contributed by atoms with van der Waals surface area (Å²) >= 11 is 0. The van der Waals surface area contributed by atoms with E-state index in [1.807, 2.05) is 60.8 Å². The molecule has 0 aliphatic carbocycles. The Hall–Kier alpha value is -3.87. The van der Waals surface area contributed by atoms with Crippen molar-refractivity contribution in [3.8, 4) is 0 Å². The standard InChI is InChI=1S/C29H30N4O3/c1-5-28(3,4)29-15-24-25(35)31-22(14-18-16-30-21-12-8-6-10-19(18)21)26(36)33(24)27(29)32(17(2)34)23-13-9-7-11-20(23)29/h5-13,16,22,24,27,30H,1,14-15H2,2-4H3,(H,31,35)/t22-,24-,27-,29+/m0/s1. The Kier molecular flexibility index (Phi) is 4.74. The van der Waals surface area contributed by atoms with Gasteiger partial charge < -0.3 is 15.2 Å². The van der Waals surface area contributed by atoms with Gasteiger partial charge in [-0.3, -0.25) is 19.3 Å². The average molecular weight is 483 g/mol.